The number of aromatic nitrogens is 1. The van der Waals surface area contributed by atoms with Gasteiger partial charge in [0.05, 0.1) is 10.3 Å². The number of hydrogen-bond donors (Lipinski definition) is 1. The molecule has 0 spiro atoms. The summed E-state index contributed by atoms with van der Waals surface area (Å²) < 4.78 is 5.90. The highest BCUT2D eigenvalue weighted by Gasteiger charge is 2.19. The summed E-state index contributed by atoms with van der Waals surface area (Å²) in [5.74, 6) is 0.655. The minimum absolute atomic E-state index is 0.0781. The first-order valence-electron chi connectivity index (χ1n) is 6.14. The number of non-ortho nitro benzene ring substituents is 1. The van der Waals surface area contributed by atoms with E-state index in [9.17, 15) is 10.1 Å². The lowest BCUT2D eigenvalue weighted by atomic mass is 10.1. The van der Waals surface area contributed by atoms with Crippen molar-refractivity contribution in [2.24, 2.45) is 0 Å². The van der Waals surface area contributed by atoms with E-state index in [0.717, 1.165) is 19.5 Å². The third kappa shape index (κ3) is 2.22. The summed E-state index contributed by atoms with van der Waals surface area (Å²) in [7, 11) is 0. The number of rotatable bonds is 3. The second-order valence-electron chi connectivity index (χ2n) is 4.49. The first-order valence-corrected chi connectivity index (χ1v) is 6.14. The molecule has 6 nitrogen and oxygen atoms in total. The lowest BCUT2D eigenvalue weighted by Gasteiger charge is -2.14. The van der Waals surface area contributed by atoms with Gasteiger partial charge in [-0.05, 0) is 25.1 Å². The van der Waals surface area contributed by atoms with Crippen molar-refractivity contribution in [3.05, 3.63) is 40.7 Å². The number of nitrogens with zero attached hydrogens (tertiary/aromatic N) is 2. The summed E-state index contributed by atoms with van der Waals surface area (Å²) in [6.45, 7) is 1.74. The van der Waals surface area contributed by atoms with Gasteiger partial charge in [-0.2, -0.15) is 0 Å². The summed E-state index contributed by atoms with van der Waals surface area (Å²) >= 11 is 0. The largest absolute Gasteiger partial charge is 0.488 e. The molecule has 0 amide bonds. The number of nitro groups is 1. The maximum atomic E-state index is 11.0. The van der Waals surface area contributed by atoms with Crippen molar-refractivity contribution in [1.29, 1.82) is 0 Å². The maximum absolute atomic E-state index is 11.0. The van der Waals surface area contributed by atoms with Crippen molar-refractivity contribution >= 4 is 16.5 Å². The number of nitro benzene ring substituents is 1. The highest BCUT2D eigenvalue weighted by Crippen LogP contribution is 2.33. The number of nitrogens with one attached hydrogen (secondary N) is 1. The van der Waals surface area contributed by atoms with Crippen molar-refractivity contribution in [2.75, 3.05) is 13.1 Å². The van der Waals surface area contributed by atoms with E-state index in [0.29, 0.717) is 16.5 Å². The monoisotopic (exact) mass is 259 g/mol. The van der Waals surface area contributed by atoms with E-state index in [4.69, 9.17) is 4.74 Å². The zero-order valence-electron chi connectivity index (χ0n) is 10.2. The number of pyridine rings is 1. The topological polar surface area (TPSA) is 77.3 Å². The van der Waals surface area contributed by atoms with Gasteiger partial charge in [0.2, 0.25) is 0 Å². The van der Waals surface area contributed by atoms with Gasteiger partial charge in [0.1, 0.15) is 11.9 Å². The van der Waals surface area contributed by atoms with Crippen molar-refractivity contribution < 1.29 is 9.66 Å². The smallest absolute Gasteiger partial charge is 0.277 e. The Bertz CT molecular complexity index is 624. The van der Waals surface area contributed by atoms with E-state index in [-0.39, 0.29) is 16.7 Å². The van der Waals surface area contributed by atoms with E-state index in [1.165, 1.54) is 6.07 Å². The second kappa shape index (κ2) is 4.81. The highest BCUT2D eigenvalue weighted by molar-refractivity contribution is 5.94. The molecule has 2 aromatic rings. The van der Waals surface area contributed by atoms with Crippen LogP contribution in [0.1, 0.15) is 6.42 Å². The normalized spacial score (nSPS) is 18.6. The molecule has 0 aliphatic carbocycles. The standard InChI is InChI=1S/C13H13N3O3/c17-16(18)12-1-2-13(19-9-3-5-14-7-9)11-8-15-6-4-10(11)12/h1-2,4,6,8-9,14H,3,5,7H2. The predicted molar refractivity (Wildman–Crippen MR) is 70.3 cm³/mol. The Balaban J connectivity index is 2.05. The van der Waals surface area contributed by atoms with Crippen molar-refractivity contribution in [3.8, 4) is 5.75 Å². The van der Waals surface area contributed by atoms with E-state index in [2.05, 4.69) is 10.3 Å². The molecule has 1 aromatic heterocycles. The highest BCUT2D eigenvalue weighted by atomic mass is 16.6. The average Bonchev–Trinajstić information content (AvgIpc) is 2.91. The van der Waals surface area contributed by atoms with E-state index in [1.807, 2.05) is 0 Å². The molecule has 3 rings (SSSR count). The summed E-state index contributed by atoms with van der Waals surface area (Å²) in [4.78, 5) is 14.6. The molecule has 1 N–H and O–H groups in total. The molecule has 2 heterocycles. The van der Waals surface area contributed by atoms with Crippen LogP contribution in [-0.4, -0.2) is 29.1 Å². The minimum Gasteiger partial charge on any atom is -0.488 e. The van der Waals surface area contributed by atoms with E-state index < -0.39 is 0 Å². The summed E-state index contributed by atoms with van der Waals surface area (Å²) in [6.07, 6.45) is 4.22. The first kappa shape index (κ1) is 11.9. The molecule has 0 radical (unpaired) electrons. The Kier molecular flexibility index (Phi) is 3.00. The molecule has 1 aliphatic heterocycles. The lowest BCUT2D eigenvalue weighted by Crippen LogP contribution is -2.19. The Morgan fingerprint density at radius 3 is 3.00 bits per heavy atom. The van der Waals surface area contributed by atoms with Crippen molar-refractivity contribution in [2.45, 2.75) is 12.5 Å². The Hall–Kier alpha value is -2.21. The van der Waals surface area contributed by atoms with Crippen LogP contribution in [0, 0.1) is 10.1 Å². The average molecular weight is 259 g/mol. The SMILES string of the molecule is O=[N+]([O-])c1ccc(OC2CCNC2)c2cnccc12. The van der Waals surface area contributed by atoms with Crippen LogP contribution in [0.25, 0.3) is 10.8 Å². The number of hydrogen-bond acceptors (Lipinski definition) is 5. The van der Waals surface area contributed by atoms with Crippen LogP contribution in [0.4, 0.5) is 5.69 Å². The number of fused-ring (bicyclic) bond motifs is 1. The van der Waals surface area contributed by atoms with E-state index in [1.54, 1.807) is 24.5 Å². The molecular weight excluding hydrogens is 246 g/mol. The summed E-state index contributed by atoms with van der Waals surface area (Å²) in [5, 5.41) is 15.5. The predicted octanol–water partition coefficient (Wildman–Crippen LogP) is 1.88. The van der Waals surface area contributed by atoms with Gasteiger partial charge in [-0.1, -0.05) is 0 Å². The van der Waals surface area contributed by atoms with Crippen LogP contribution in [-0.2, 0) is 0 Å². The van der Waals surface area contributed by atoms with E-state index >= 15 is 0 Å². The molecule has 98 valence electrons. The second-order valence-corrected chi connectivity index (χ2v) is 4.49. The van der Waals surface area contributed by atoms with Crippen LogP contribution >= 0.6 is 0 Å². The van der Waals surface area contributed by atoms with Crippen LogP contribution in [0.3, 0.4) is 0 Å². The van der Waals surface area contributed by atoms with Gasteiger partial charge < -0.3 is 10.1 Å². The third-order valence-corrected chi connectivity index (χ3v) is 3.26. The fourth-order valence-electron chi connectivity index (χ4n) is 2.32. The quantitative estimate of drug-likeness (QED) is 0.672. The molecule has 1 unspecified atom stereocenters. The third-order valence-electron chi connectivity index (χ3n) is 3.26. The van der Waals surface area contributed by atoms with Gasteiger partial charge in [-0.3, -0.25) is 15.1 Å². The number of benzene rings is 1. The fraction of sp³-hybridized carbons (Fsp3) is 0.308. The Morgan fingerprint density at radius 2 is 2.26 bits per heavy atom. The van der Waals surface area contributed by atoms with Gasteiger partial charge >= 0.3 is 0 Å². The summed E-state index contributed by atoms with van der Waals surface area (Å²) in [6, 6.07) is 4.79. The Labute approximate surface area is 109 Å². The zero-order chi connectivity index (χ0) is 13.2. The van der Waals surface area contributed by atoms with Crippen LogP contribution in [0.15, 0.2) is 30.6 Å². The van der Waals surface area contributed by atoms with Gasteiger partial charge in [-0.15, -0.1) is 0 Å². The molecule has 0 bridgehead atoms. The molecule has 19 heavy (non-hydrogen) atoms. The molecule has 1 fully saturated rings. The van der Waals surface area contributed by atoms with Crippen LogP contribution in [0.5, 0.6) is 5.75 Å². The van der Waals surface area contributed by atoms with Gasteiger partial charge in [0, 0.05) is 30.4 Å². The van der Waals surface area contributed by atoms with Crippen LogP contribution < -0.4 is 10.1 Å². The van der Waals surface area contributed by atoms with Crippen molar-refractivity contribution in [1.82, 2.24) is 10.3 Å². The molecule has 1 aliphatic rings. The summed E-state index contributed by atoms with van der Waals surface area (Å²) in [5.41, 5.74) is 0.0781. The Morgan fingerprint density at radius 1 is 1.37 bits per heavy atom. The number of ether oxygens (including phenoxy) is 1. The van der Waals surface area contributed by atoms with Crippen molar-refractivity contribution in [3.63, 3.8) is 0 Å². The zero-order valence-corrected chi connectivity index (χ0v) is 10.2. The fourth-order valence-corrected chi connectivity index (χ4v) is 2.32. The molecule has 1 aromatic carbocycles. The molecule has 0 saturated carbocycles. The lowest BCUT2D eigenvalue weighted by molar-refractivity contribution is -0.383. The molecule has 1 atom stereocenters. The molecule has 1 saturated heterocycles. The maximum Gasteiger partial charge on any atom is 0.277 e. The van der Waals surface area contributed by atoms with Gasteiger partial charge in [0.15, 0.2) is 0 Å². The molecule has 6 heteroatoms. The van der Waals surface area contributed by atoms with Crippen LogP contribution in [0.2, 0.25) is 0 Å². The first-order chi connectivity index (χ1) is 9.25. The van der Waals surface area contributed by atoms with Gasteiger partial charge in [0.25, 0.3) is 5.69 Å². The molecular formula is C13H13N3O3. The minimum atomic E-state index is -0.386. The van der Waals surface area contributed by atoms with Gasteiger partial charge in [-0.25, -0.2) is 0 Å².